The monoisotopic (exact) mass is 208 g/mol. The number of fused-ring (bicyclic) bond motifs is 1. The van der Waals surface area contributed by atoms with Gasteiger partial charge in [-0.25, -0.2) is 4.98 Å². The molecule has 0 radical (unpaired) electrons. The molecule has 72 valence electrons. The summed E-state index contributed by atoms with van der Waals surface area (Å²) in [6, 6.07) is 2.08. The maximum absolute atomic E-state index is 8.87. The van der Waals surface area contributed by atoms with Gasteiger partial charge in [-0.2, -0.15) is 14.9 Å². The van der Waals surface area contributed by atoms with Crippen molar-refractivity contribution in [1.82, 2.24) is 14.6 Å². The number of aromatic nitrogens is 3. The van der Waals surface area contributed by atoms with Crippen LogP contribution in [0, 0.1) is 18.3 Å². The van der Waals surface area contributed by atoms with E-state index in [9.17, 15) is 0 Å². The average Bonchev–Trinajstić information content (AvgIpc) is 2.61. The first-order valence-corrected chi connectivity index (χ1v) is 4.82. The molecule has 0 aliphatic rings. The lowest BCUT2D eigenvalue weighted by Gasteiger charge is -1.89. The zero-order valence-electron chi connectivity index (χ0n) is 7.81. The molecule has 5 nitrogen and oxygen atoms in total. The van der Waals surface area contributed by atoms with Gasteiger partial charge in [0.05, 0.1) is 12.3 Å². The van der Waals surface area contributed by atoms with Crippen LogP contribution in [0.1, 0.15) is 16.4 Å². The highest BCUT2D eigenvalue weighted by atomic mass is 32.1. The zero-order valence-corrected chi connectivity index (χ0v) is 8.63. The Kier molecular flexibility index (Phi) is 2.19. The van der Waals surface area contributed by atoms with Crippen LogP contribution in [0.2, 0.25) is 0 Å². The summed E-state index contributed by atoms with van der Waals surface area (Å²) in [6.07, 6.45) is 0. The molecule has 0 aliphatic heterocycles. The summed E-state index contributed by atoms with van der Waals surface area (Å²) in [5.74, 6) is 0. The Morgan fingerprint density at radius 3 is 3.07 bits per heavy atom. The van der Waals surface area contributed by atoms with Crippen LogP contribution < -0.4 is 0 Å². The van der Waals surface area contributed by atoms with Gasteiger partial charge in [0.25, 0.3) is 0 Å². The number of hydrogen-bond donors (Lipinski definition) is 0. The molecular weight excluding hydrogens is 200 g/mol. The van der Waals surface area contributed by atoms with Crippen LogP contribution in [0.15, 0.2) is 0 Å². The minimum Gasteiger partial charge on any atom is -0.377 e. The lowest BCUT2D eigenvalue weighted by molar-refractivity contribution is 0.183. The summed E-state index contributed by atoms with van der Waals surface area (Å²) >= 11 is 1.44. The molecule has 14 heavy (non-hydrogen) atoms. The molecule has 2 heterocycles. The number of aryl methyl sites for hydroxylation is 1. The van der Waals surface area contributed by atoms with Crippen LogP contribution in [0.5, 0.6) is 0 Å². The Hall–Kier alpha value is -1.45. The summed E-state index contributed by atoms with van der Waals surface area (Å²) in [4.78, 5) is 4.97. The van der Waals surface area contributed by atoms with Crippen molar-refractivity contribution < 1.29 is 4.74 Å². The summed E-state index contributed by atoms with van der Waals surface area (Å²) in [7, 11) is 1.61. The third-order valence-electron chi connectivity index (χ3n) is 1.79. The Bertz CT molecular complexity index is 507. The van der Waals surface area contributed by atoms with Gasteiger partial charge in [-0.15, -0.1) is 0 Å². The molecule has 0 spiro atoms. The molecular formula is C8H8N4OS. The number of rotatable bonds is 2. The third kappa shape index (κ3) is 1.27. The van der Waals surface area contributed by atoms with Crippen LogP contribution in [0.4, 0.5) is 0 Å². The van der Waals surface area contributed by atoms with E-state index in [1.165, 1.54) is 11.3 Å². The van der Waals surface area contributed by atoms with E-state index in [4.69, 9.17) is 10.00 Å². The molecule has 0 unspecified atom stereocenters. The normalized spacial score (nSPS) is 10.6. The van der Waals surface area contributed by atoms with E-state index in [0.29, 0.717) is 12.3 Å². The molecule has 0 saturated carbocycles. The minimum absolute atomic E-state index is 0.456. The third-order valence-corrected chi connectivity index (χ3v) is 2.68. The fraction of sp³-hybridized carbons (Fsp3) is 0.375. The Morgan fingerprint density at radius 1 is 1.64 bits per heavy atom. The lowest BCUT2D eigenvalue weighted by atomic mass is 10.4. The molecule has 0 saturated heterocycles. The molecule has 2 aromatic rings. The van der Waals surface area contributed by atoms with Crippen LogP contribution in [0.3, 0.4) is 0 Å². The first-order chi connectivity index (χ1) is 6.76. The number of hydrogen-bond acceptors (Lipinski definition) is 5. The van der Waals surface area contributed by atoms with E-state index in [0.717, 1.165) is 15.7 Å². The van der Waals surface area contributed by atoms with Gasteiger partial charge in [0.15, 0.2) is 5.69 Å². The molecule has 0 bridgehead atoms. The second-order valence-electron chi connectivity index (χ2n) is 2.78. The molecule has 2 rings (SSSR count). The molecule has 0 atom stereocenters. The maximum atomic E-state index is 8.87. The van der Waals surface area contributed by atoms with Crippen molar-refractivity contribution in [3.63, 3.8) is 0 Å². The average molecular weight is 208 g/mol. The Morgan fingerprint density at radius 2 is 2.43 bits per heavy atom. The van der Waals surface area contributed by atoms with E-state index >= 15 is 0 Å². The van der Waals surface area contributed by atoms with Crippen molar-refractivity contribution >= 4 is 16.3 Å². The van der Waals surface area contributed by atoms with Gasteiger partial charge in [-0.3, -0.25) is 0 Å². The number of methoxy groups -OCH3 is 1. The highest BCUT2D eigenvalue weighted by Gasteiger charge is 2.12. The van der Waals surface area contributed by atoms with Gasteiger partial charge in [-0.1, -0.05) is 11.3 Å². The second kappa shape index (κ2) is 3.36. The maximum Gasteiger partial charge on any atom is 0.213 e. The summed E-state index contributed by atoms with van der Waals surface area (Å²) in [6.45, 7) is 2.26. The highest BCUT2D eigenvalue weighted by Crippen LogP contribution is 2.18. The lowest BCUT2D eigenvalue weighted by Crippen LogP contribution is -1.93. The van der Waals surface area contributed by atoms with Crippen molar-refractivity contribution in [3.8, 4) is 6.07 Å². The molecule has 0 fully saturated rings. The van der Waals surface area contributed by atoms with E-state index in [1.54, 1.807) is 18.5 Å². The molecule has 0 amide bonds. The predicted molar refractivity (Wildman–Crippen MR) is 51.0 cm³/mol. The van der Waals surface area contributed by atoms with Gasteiger partial charge in [0.2, 0.25) is 4.96 Å². The summed E-state index contributed by atoms with van der Waals surface area (Å²) in [5, 5.41) is 13.9. The summed E-state index contributed by atoms with van der Waals surface area (Å²) < 4.78 is 6.52. The first-order valence-electron chi connectivity index (χ1n) is 4.00. The van der Waals surface area contributed by atoms with Gasteiger partial charge in [0, 0.05) is 7.11 Å². The Balaban J connectivity index is 2.58. The predicted octanol–water partition coefficient (Wildman–Crippen LogP) is 1.12. The van der Waals surface area contributed by atoms with Crippen molar-refractivity contribution in [2.24, 2.45) is 0 Å². The summed E-state index contributed by atoms with van der Waals surface area (Å²) in [5.41, 5.74) is 1.22. The van der Waals surface area contributed by atoms with Crippen molar-refractivity contribution in [2.75, 3.05) is 7.11 Å². The SMILES string of the molecule is COCc1nn2c(C#N)c(C)nc2s1. The quantitative estimate of drug-likeness (QED) is 0.741. The Labute approximate surface area is 84.6 Å². The van der Waals surface area contributed by atoms with Gasteiger partial charge in [0.1, 0.15) is 11.1 Å². The highest BCUT2D eigenvalue weighted by molar-refractivity contribution is 7.16. The van der Waals surface area contributed by atoms with Crippen LogP contribution in [-0.2, 0) is 11.3 Å². The van der Waals surface area contributed by atoms with Crippen LogP contribution in [-0.4, -0.2) is 21.7 Å². The van der Waals surface area contributed by atoms with Crippen LogP contribution in [0.25, 0.3) is 4.96 Å². The molecule has 0 N–H and O–H groups in total. The fourth-order valence-electron chi connectivity index (χ4n) is 1.20. The largest absolute Gasteiger partial charge is 0.377 e. The second-order valence-corrected chi connectivity index (χ2v) is 3.82. The standard InChI is InChI=1S/C8H8N4OS/c1-5-6(3-9)12-8(10-5)14-7(11-12)4-13-2/h4H2,1-2H3. The van der Waals surface area contributed by atoms with Gasteiger partial charge >= 0.3 is 0 Å². The van der Waals surface area contributed by atoms with Crippen molar-refractivity contribution in [1.29, 1.82) is 5.26 Å². The van der Waals surface area contributed by atoms with Crippen LogP contribution >= 0.6 is 11.3 Å². The number of imidazole rings is 1. The smallest absolute Gasteiger partial charge is 0.213 e. The van der Waals surface area contributed by atoms with E-state index in [2.05, 4.69) is 16.2 Å². The first kappa shape index (κ1) is 9.12. The topological polar surface area (TPSA) is 63.2 Å². The van der Waals surface area contributed by atoms with Crippen molar-refractivity contribution in [3.05, 3.63) is 16.4 Å². The molecule has 6 heteroatoms. The molecule has 2 aromatic heterocycles. The van der Waals surface area contributed by atoms with E-state index in [1.807, 2.05) is 0 Å². The van der Waals surface area contributed by atoms with E-state index < -0.39 is 0 Å². The number of ether oxygens (including phenoxy) is 1. The van der Waals surface area contributed by atoms with Gasteiger partial charge in [-0.05, 0) is 6.92 Å². The minimum atomic E-state index is 0.456. The fourth-order valence-corrected chi connectivity index (χ4v) is 2.11. The van der Waals surface area contributed by atoms with Gasteiger partial charge < -0.3 is 4.74 Å². The van der Waals surface area contributed by atoms with E-state index in [-0.39, 0.29) is 0 Å². The zero-order chi connectivity index (χ0) is 10.1. The number of nitriles is 1. The molecule has 0 aliphatic carbocycles. The molecule has 0 aromatic carbocycles. The number of nitrogens with zero attached hydrogens (tertiary/aromatic N) is 4. The van der Waals surface area contributed by atoms with Crippen molar-refractivity contribution in [2.45, 2.75) is 13.5 Å².